The fraction of sp³-hybridized carbons (Fsp3) is 0.450. The molecule has 2 aromatic rings. The van der Waals surface area contributed by atoms with Crippen molar-refractivity contribution in [3.8, 4) is 0 Å². The van der Waals surface area contributed by atoms with E-state index in [0.717, 1.165) is 12.8 Å². The summed E-state index contributed by atoms with van der Waals surface area (Å²) < 4.78 is 5.16. The second kappa shape index (κ2) is 5.64. The highest BCUT2D eigenvalue weighted by Crippen LogP contribution is 2.46. The molecule has 2 unspecified atom stereocenters. The third-order valence-electron chi connectivity index (χ3n) is 5.94. The average molecular weight is 309 g/mol. The molecule has 0 spiro atoms. The molecule has 120 valence electrons. The Morgan fingerprint density at radius 3 is 2.70 bits per heavy atom. The molecule has 2 aliphatic rings. The van der Waals surface area contributed by atoms with Gasteiger partial charge in [0.25, 0.3) is 0 Å². The van der Waals surface area contributed by atoms with E-state index in [0.29, 0.717) is 12.1 Å². The average Bonchev–Trinajstić information content (AvgIpc) is 2.83. The first-order valence-corrected chi connectivity index (χ1v) is 8.47. The lowest BCUT2D eigenvalue weighted by molar-refractivity contribution is -0.150. The molecular formula is C20H23NO2. The summed E-state index contributed by atoms with van der Waals surface area (Å²) in [4.78, 5) is 14.9. The highest BCUT2D eigenvalue weighted by atomic mass is 16.5. The molecule has 2 fully saturated rings. The fourth-order valence-corrected chi connectivity index (χ4v) is 4.71. The molecule has 2 bridgehead atoms. The number of benzene rings is 2. The number of ether oxygens (including phenoxy) is 1. The Hall–Kier alpha value is -1.87. The van der Waals surface area contributed by atoms with Gasteiger partial charge in [0.15, 0.2) is 0 Å². The van der Waals surface area contributed by atoms with Gasteiger partial charge < -0.3 is 4.74 Å². The molecule has 0 radical (unpaired) electrons. The monoisotopic (exact) mass is 309 g/mol. The molecule has 3 heteroatoms. The summed E-state index contributed by atoms with van der Waals surface area (Å²) in [5, 5.41) is 2.50. The van der Waals surface area contributed by atoms with Crippen LogP contribution in [0.2, 0.25) is 0 Å². The number of carbonyl (C=O) groups is 1. The largest absolute Gasteiger partial charge is 0.469 e. The van der Waals surface area contributed by atoms with Gasteiger partial charge in [0.05, 0.1) is 13.0 Å². The topological polar surface area (TPSA) is 29.5 Å². The Kier molecular flexibility index (Phi) is 3.61. The molecule has 0 N–H and O–H groups in total. The first kappa shape index (κ1) is 14.7. The Labute approximate surface area is 137 Å². The minimum Gasteiger partial charge on any atom is -0.469 e. The van der Waals surface area contributed by atoms with Crippen molar-refractivity contribution in [3.63, 3.8) is 0 Å². The van der Waals surface area contributed by atoms with Crippen molar-refractivity contribution < 1.29 is 9.53 Å². The van der Waals surface area contributed by atoms with E-state index in [1.807, 2.05) is 0 Å². The van der Waals surface area contributed by atoms with Crippen LogP contribution in [0.15, 0.2) is 42.5 Å². The third kappa shape index (κ3) is 2.34. The Balaban J connectivity index is 1.76. The number of hydrogen-bond donors (Lipinski definition) is 0. The van der Waals surface area contributed by atoms with Crippen molar-refractivity contribution in [1.82, 2.24) is 4.90 Å². The van der Waals surface area contributed by atoms with E-state index >= 15 is 0 Å². The van der Waals surface area contributed by atoms with Crippen molar-refractivity contribution >= 4 is 16.7 Å². The number of fused-ring (bicyclic) bond motifs is 3. The molecular weight excluding hydrogens is 286 g/mol. The molecule has 0 aliphatic carbocycles. The molecule has 2 heterocycles. The van der Waals surface area contributed by atoms with Crippen LogP contribution in [-0.4, -0.2) is 37.1 Å². The van der Waals surface area contributed by atoms with Crippen molar-refractivity contribution in [2.45, 2.75) is 37.3 Å². The quantitative estimate of drug-likeness (QED) is 0.794. The number of carbonyl (C=O) groups excluding carboxylic acids is 1. The van der Waals surface area contributed by atoms with Crippen LogP contribution in [0.3, 0.4) is 0 Å². The lowest BCUT2D eigenvalue weighted by Gasteiger charge is -2.41. The summed E-state index contributed by atoms with van der Waals surface area (Å²) >= 11 is 0. The van der Waals surface area contributed by atoms with E-state index < -0.39 is 0 Å². The molecule has 4 rings (SSSR count). The summed E-state index contributed by atoms with van der Waals surface area (Å²) in [5.74, 6) is 0.158. The Morgan fingerprint density at radius 2 is 1.91 bits per heavy atom. The minimum atomic E-state index is -0.0552. The van der Waals surface area contributed by atoms with Gasteiger partial charge >= 0.3 is 5.97 Å². The molecule has 23 heavy (non-hydrogen) atoms. The van der Waals surface area contributed by atoms with Crippen LogP contribution in [0, 0.1) is 5.92 Å². The number of rotatable bonds is 2. The number of hydrogen-bond acceptors (Lipinski definition) is 3. The van der Waals surface area contributed by atoms with Crippen LogP contribution in [0.25, 0.3) is 10.8 Å². The smallest absolute Gasteiger partial charge is 0.310 e. The first-order chi connectivity index (χ1) is 11.2. The van der Waals surface area contributed by atoms with E-state index in [1.165, 1.54) is 29.9 Å². The van der Waals surface area contributed by atoms with Gasteiger partial charge in [0.2, 0.25) is 0 Å². The van der Waals surface area contributed by atoms with E-state index in [2.05, 4.69) is 54.4 Å². The number of piperidine rings is 1. The summed E-state index contributed by atoms with van der Waals surface area (Å²) in [5.41, 5.74) is 1.28. The molecule has 0 amide bonds. The Morgan fingerprint density at radius 1 is 1.13 bits per heavy atom. The minimum absolute atomic E-state index is 0.0510. The van der Waals surface area contributed by atoms with Gasteiger partial charge in [-0.25, -0.2) is 0 Å². The van der Waals surface area contributed by atoms with Gasteiger partial charge in [-0.05, 0) is 42.6 Å². The summed E-state index contributed by atoms with van der Waals surface area (Å²) in [6.45, 7) is 0. The summed E-state index contributed by atoms with van der Waals surface area (Å²) in [6, 6.07) is 16.0. The number of nitrogens with zero attached hydrogens (tertiary/aromatic N) is 1. The Bertz CT molecular complexity index is 741. The normalized spacial score (nSPS) is 30.5. The highest BCUT2D eigenvalue weighted by Gasteiger charge is 2.49. The van der Waals surface area contributed by atoms with Gasteiger partial charge in [-0.1, -0.05) is 42.5 Å². The maximum absolute atomic E-state index is 12.5. The molecule has 2 aromatic carbocycles. The second-order valence-corrected chi connectivity index (χ2v) is 6.96. The summed E-state index contributed by atoms with van der Waals surface area (Å²) in [6.07, 6.45) is 3.34. The van der Waals surface area contributed by atoms with Crippen molar-refractivity contribution in [1.29, 1.82) is 0 Å². The standard InChI is InChI=1S/C20H23NO2/c1-21-16-9-10-18(21)19(20(22)23-2)17(12-16)15-8-7-13-5-3-4-6-14(13)11-15/h3-8,11,16-19H,9-10,12H2,1-2H3/t16-,17-,18?,19?/m1/s1. The SMILES string of the molecule is COC(=O)C1C2CC[C@H](C[C@@H]1c1ccc3ccccc3c1)N2C. The number of methoxy groups -OCH3 is 1. The van der Waals surface area contributed by atoms with E-state index in [-0.39, 0.29) is 17.8 Å². The molecule has 2 aliphatic heterocycles. The first-order valence-electron chi connectivity index (χ1n) is 8.47. The molecule has 2 saturated heterocycles. The van der Waals surface area contributed by atoms with Crippen LogP contribution in [0.5, 0.6) is 0 Å². The van der Waals surface area contributed by atoms with Gasteiger partial charge in [0, 0.05) is 18.0 Å². The zero-order valence-electron chi connectivity index (χ0n) is 13.7. The van der Waals surface area contributed by atoms with Crippen LogP contribution in [0.4, 0.5) is 0 Å². The highest BCUT2D eigenvalue weighted by molar-refractivity contribution is 5.83. The number of esters is 1. The predicted octanol–water partition coefficient (Wildman–Crippen LogP) is 3.58. The van der Waals surface area contributed by atoms with Crippen molar-refractivity contribution in [2.75, 3.05) is 14.2 Å². The van der Waals surface area contributed by atoms with E-state index in [4.69, 9.17) is 4.74 Å². The summed E-state index contributed by atoms with van der Waals surface area (Å²) in [7, 11) is 3.68. The fourth-order valence-electron chi connectivity index (χ4n) is 4.71. The maximum atomic E-state index is 12.5. The predicted molar refractivity (Wildman–Crippen MR) is 91.4 cm³/mol. The molecule has 3 nitrogen and oxygen atoms in total. The van der Waals surface area contributed by atoms with Gasteiger partial charge in [-0.2, -0.15) is 0 Å². The lowest BCUT2D eigenvalue weighted by Crippen LogP contribution is -2.49. The third-order valence-corrected chi connectivity index (χ3v) is 5.94. The van der Waals surface area contributed by atoms with Crippen molar-refractivity contribution in [2.24, 2.45) is 5.92 Å². The van der Waals surface area contributed by atoms with Crippen LogP contribution < -0.4 is 0 Å². The van der Waals surface area contributed by atoms with Crippen LogP contribution >= 0.6 is 0 Å². The zero-order valence-corrected chi connectivity index (χ0v) is 13.7. The maximum Gasteiger partial charge on any atom is 0.310 e. The van der Waals surface area contributed by atoms with Crippen LogP contribution in [0.1, 0.15) is 30.7 Å². The zero-order chi connectivity index (χ0) is 16.0. The lowest BCUT2D eigenvalue weighted by atomic mass is 9.76. The van der Waals surface area contributed by atoms with Gasteiger partial charge in [-0.3, -0.25) is 9.69 Å². The van der Waals surface area contributed by atoms with Crippen LogP contribution in [-0.2, 0) is 9.53 Å². The molecule has 4 atom stereocenters. The van der Waals surface area contributed by atoms with Crippen molar-refractivity contribution in [3.05, 3.63) is 48.0 Å². The molecule has 0 saturated carbocycles. The van der Waals surface area contributed by atoms with Gasteiger partial charge in [0.1, 0.15) is 0 Å². The molecule has 0 aromatic heterocycles. The second-order valence-electron chi connectivity index (χ2n) is 6.96. The van der Waals surface area contributed by atoms with E-state index in [1.54, 1.807) is 0 Å². The van der Waals surface area contributed by atoms with Gasteiger partial charge in [-0.15, -0.1) is 0 Å². The van der Waals surface area contributed by atoms with E-state index in [9.17, 15) is 4.79 Å².